The summed E-state index contributed by atoms with van der Waals surface area (Å²) in [7, 11) is -3.04. The van der Waals surface area contributed by atoms with E-state index in [9.17, 15) is 8.42 Å². The smallest absolute Gasteiger partial charge is 0.211 e. The summed E-state index contributed by atoms with van der Waals surface area (Å²) in [5.74, 6) is 0.720. The third-order valence-electron chi connectivity index (χ3n) is 4.64. The van der Waals surface area contributed by atoms with Crippen LogP contribution in [0.2, 0.25) is 0 Å². The van der Waals surface area contributed by atoms with Crippen molar-refractivity contribution in [3.05, 3.63) is 0 Å². The molecule has 2 fully saturated rings. The van der Waals surface area contributed by atoms with Crippen LogP contribution in [0, 0.1) is 5.92 Å². The molecule has 1 aliphatic carbocycles. The summed E-state index contributed by atoms with van der Waals surface area (Å²) in [5.41, 5.74) is 6.15. The van der Waals surface area contributed by atoms with Crippen LogP contribution in [-0.4, -0.2) is 62.1 Å². The Hall–Kier alpha value is -0.170. The molecule has 0 aromatic carbocycles. The number of sulfonamides is 1. The topological polar surface area (TPSA) is 66.6 Å². The van der Waals surface area contributed by atoms with Crippen molar-refractivity contribution in [2.45, 2.75) is 31.7 Å². The summed E-state index contributed by atoms with van der Waals surface area (Å²) >= 11 is 0. The molecule has 2 aliphatic rings. The van der Waals surface area contributed by atoms with Crippen molar-refractivity contribution in [1.29, 1.82) is 0 Å². The first-order valence-electron chi connectivity index (χ1n) is 6.84. The highest BCUT2D eigenvalue weighted by Crippen LogP contribution is 2.44. The van der Waals surface area contributed by atoms with Crippen molar-refractivity contribution < 1.29 is 8.42 Å². The summed E-state index contributed by atoms with van der Waals surface area (Å²) in [6.45, 7) is 5.73. The normalized spacial score (nSPS) is 27.1. The molecule has 6 heteroatoms. The second kappa shape index (κ2) is 5.07. The van der Waals surface area contributed by atoms with Crippen molar-refractivity contribution in [3.8, 4) is 0 Å². The number of nitrogens with two attached hydrogens (primary N) is 1. The van der Waals surface area contributed by atoms with Crippen LogP contribution >= 0.6 is 0 Å². The lowest BCUT2D eigenvalue weighted by atomic mass is 9.87. The maximum absolute atomic E-state index is 11.5. The number of hydrogen-bond donors (Lipinski definition) is 1. The maximum Gasteiger partial charge on any atom is 0.211 e. The van der Waals surface area contributed by atoms with Gasteiger partial charge in [-0.3, -0.25) is 4.90 Å². The van der Waals surface area contributed by atoms with E-state index >= 15 is 0 Å². The van der Waals surface area contributed by atoms with E-state index in [2.05, 4.69) is 11.8 Å². The van der Waals surface area contributed by atoms with Crippen LogP contribution in [-0.2, 0) is 10.0 Å². The first kappa shape index (κ1) is 14.2. The third-order valence-corrected chi connectivity index (χ3v) is 5.94. The van der Waals surface area contributed by atoms with Crippen molar-refractivity contribution in [3.63, 3.8) is 0 Å². The zero-order valence-electron chi connectivity index (χ0n) is 11.4. The molecule has 0 spiro atoms. The van der Waals surface area contributed by atoms with E-state index in [-0.39, 0.29) is 5.54 Å². The second-order valence-electron chi connectivity index (χ2n) is 5.58. The largest absolute Gasteiger partial charge is 0.329 e. The molecule has 2 N–H and O–H groups in total. The zero-order chi connectivity index (χ0) is 13.4. The van der Waals surface area contributed by atoms with E-state index in [0.29, 0.717) is 19.6 Å². The molecule has 0 radical (unpaired) electrons. The first-order valence-corrected chi connectivity index (χ1v) is 8.69. The van der Waals surface area contributed by atoms with Gasteiger partial charge in [0.1, 0.15) is 0 Å². The fraction of sp³-hybridized carbons (Fsp3) is 1.00. The van der Waals surface area contributed by atoms with Crippen LogP contribution in [0.15, 0.2) is 0 Å². The first-order chi connectivity index (χ1) is 8.44. The molecule has 0 amide bonds. The van der Waals surface area contributed by atoms with Crippen molar-refractivity contribution in [1.82, 2.24) is 9.21 Å². The highest BCUT2D eigenvalue weighted by molar-refractivity contribution is 7.88. The molecular formula is C12H25N3O2S. The molecule has 5 nitrogen and oxygen atoms in total. The van der Waals surface area contributed by atoms with E-state index in [4.69, 9.17) is 5.73 Å². The molecule has 0 bridgehead atoms. The summed E-state index contributed by atoms with van der Waals surface area (Å²) in [6, 6.07) is 0. The number of rotatable bonds is 5. The molecule has 1 saturated heterocycles. The van der Waals surface area contributed by atoms with E-state index < -0.39 is 10.0 Å². The van der Waals surface area contributed by atoms with Crippen molar-refractivity contribution in [2.75, 3.05) is 39.0 Å². The molecule has 1 heterocycles. The van der Waals surface area contributed by atoms with Crippen LogP contribution in [0.3, 0.4) is 0 Å². The Bertz CT molecular complexity index is 380. The minimum Gasteiger partial charge on any atom is -0.329 e. The molecule has 1 saturated carbocycles. The Balaban J connectivity index is 2.04. The molecule has 2 rings (SSSR count). The highest BCUT2D eigenvalue weighted by Gasteiger charge is 2.47. The molecule has 1 atom stereocenters. The van der Waals surface area contributed by atoms with Crippen molar-refractivity contribution in [2.24, 2.45) is 11.7 Å². The Morgan fingerprint density at radius 2 is 1.78 bits per heavy atom. The SMILES string of the molecule is CCC(CN)(C1CC1)N1CCN(S(C)(=O)=O)CC1. The molecule has 0 aromatic heterocycles. The van der Waals surface area contributed by atoms with E-state index in [1.54, 1.807) is 4.31 Å². The van der Waals surface area contributed by atoms with Gasteiger partial charge in [0.2, 0.25) is 10.0 Å². The van der Waals surface area contributed by atoms with Gasteiger partial charge in [-0.25, -0.2) is 8.42 Å². The van der Waals surface area contributed by atoms with Gasteiger partial charge >= 0.3 is 0 Å². The Kier molecular flexibility index (Phi) is 4.02. The maximum atomic E-state index is 11.5. The van der Waals surface area contributed by atoms with E-state index in [0.717, 1.165) is 25.4 Å². The molecular weight excluding hydrogens is 250 g/mol. The fourth-order valence-corrected chi connectivity index (χ4v) is 4.12. The molecule has 1 aliphatic heterocycles. The minimum atomic E-state index is -3.04. The van der Waals surface area contributed by atoms with E-state index in [1.165, 1.54) is 19.1 Å². The van der Waals surface area contributed by atoms with Gasteiger partial charge in [-0.1, -0.05) is 6.92 Å². The third kappa shape index (κ3) is 2.57. The van der Waals surface area contributed by atoms with E-state index in [1.807, 2.05) is 0 Å². The molecule has 1 unspecified atom stereocenters. The van der Waals surface area contributed by atoms with Gasteiger partial charge < -0.3 is 5.73 Å². The lowest BCUT2D eigenvalue weighted by molar-refractivity contribution is 0.0388. The zero-order valence-corrected chi connectivity index (χ0v) is 12.2. The average Bonchev–Trinajstić information content (AvgIpc) is 3.16. The lowest BCUT2D eigenvalue weighted by Gasteiger charge is -2.47. The average molecular weight is 275 g/mol. The minimum absolute atomic E-state index is 0.115. The van der Waals surface area contributed by atoms with Crippen LogP contribution in [0.25, 0.3) is 0 Å². The molecule has 106 valence electrons. The lowest BCUT2D eigenvalue weighted by Crippen LogP contribution is -2.61. The highest BCUT2D eigenvalue weighted by atomic mass is 32.2. The molecule has 18 heavy (non-hydrogen) atoms. The number of piperazine rings is 1. The Morgan fingerprint density at radius 1 is 1.22 bits per heavy atom. The predicted octanol–water partition coefficient (Wildman–Crippen LogP) is 0.0811. The van der Waals surface area contributed by atoms with Gasteiger partial charge in [-0.2, -0.15) is 4.31 Å². The van der Waals surface area contributed by atoms with Gasteiger partial charge in [0, 0.05) is 38.3 Å². The van der Waals surface area contributed by atoms with Gasteiger partial charge in [-0.15, -0.1) is 0 Å². The van der Waals surface area contributed by atoms with Crippen molar-refractivity contribution >= 4 is 10.0 Å². The number of nitrogens with zero attached hydrogens (tertiary/aromatic N) is 2. The van der Waals surface area contributed by atoms with Crippen LogP contribution in [0.4, 0.5) is 0 Å². The standard InChI is InChI=1S/C12H25N3O2S/c1-3-12(10-13,11-4-5-11)14-6-8-15(9-7-14)18(2,16)17/h11H,3-10,13H2,1-2H3. The summed E-state index contributed by atoms with van der Waals surface area (Å²) in [6.07, 6.45) is 4.90. The van der Waals surface area contributed by atoms with Gasteiger partial charge in [0.05, 0.1) is 6.26 Å². The quantitative estimate of drug-likeness (QED) is 0.772. The molecule has 0 aromatic rings. The predicted molar refractivity (Wildman–Crippen MR) is 72.8 cm³/mol. The fourth-order valence-electron chi connectivity index (χ4n) is 3.30. The van der Waals surface area contributed by atoms with Crippen LogP contribution in [0.1, 0.15) is 26.2 Å². The number of hydrogen-bond acceptors (Lipinski definition) is 4. The summed E-state index contributed by atoms with van der Waals surface area (Å²) in [5, 5.41) is 0. The van der Waals surface area contributed by atoms with Gasteiger partial charge in [0.25, 0.3) is 0 Å². The monoisotopic (exact) mass is 275 g/mol. The van der Waals surface area contributed by atoms with Crippen LogP contribution in [0.5, 0.6) is 0 Å². The summed E-state index contributed by atoms with van der Waals surface area (Å²) in [4.78, 5) is 2.44. The summed E-state index contributed by atoms with van der Waals surface area (Å²) < 4.78 is 24.6. The Labute approximate surface area is 110 Å². The van der Waals surface area contributed by atoms with Gasteiger partial charge in [-0.05, 0) is 25.2 Å². The Morgan fingerprint density at radius 3 is 2.11 bits per heavy atom. The van der Waals surface area contributed by atoms with Crippen LogP contribution < -0.4 is 5.73 Å². The van der Waals surface area contributed by atoms with Gasteiger partial charge in [0.15, 0.2) is 0 Å². The second-order valence-corrected chi connectivity index (χ2v) is 7.57.